The van der Waals surface area contributed by atoms with Crippen LogP contribution in [0.4, 0.5) is 4.39 Å². The largest absolute Gasteiger partial charge is 0.394 e. The predicted molar refractivity (Wildman–Crippen MR) is 78.3 cm³/mol. The minimum absolute atomic E-state index is 0.0170. The highest BCUT2D eigenvalue weighted by Gasteiger charge is 2.43. The molecule has 2 N–H and O–H groups in total. The molecular formula is C16H19ClFNO2. The first-order valence-electron chi connectivity index (χ1n) is 7.44. The zero-order valence-electron chi connectivity index (χ0n) is 11.7. The van der Waals surface area contributed by atoms with Crippen LogP contribution < -0.4 is 5.32 Å². The first kappa shape index (κ1) is 14.8. The van der Waals surface area contributed by atoms with Crippen molar-refractivity contribution >= 4 is 17.5 Å². The summed E-state index contributed by atoms with van der Waals surface area (Å²) >= 11 is 5.66. The molecule has 2 fully saturated rings. The molecule has 2 aliphatic carbocycles. The number of aliphatic hydroxyl groups is 1. The Morgan fingerprint density at radius 2 is 2.24 bits per heavy atom. The van der Waals surface area contributed by atoms with E-state index in [0.717, 1.165) is 19.3 Å². The highest BCUT2D eigenvalue weighted by molar-refractivity contribution is 6.30. The van der Waals surface area contributed by atoms with Crippen LogP contribution in [0.15, 0.2) is 18.2 Å². The molecule has 114 valence electrons. The molecule has 1 aromatic rings. The fourth-order valence-electron chi connectivity index (χ4n) is 3.81. The second kappa shape index (κ2) is 5.93. The Kier molecular flexibility index (Phi) is 4.18. The van der Waals surface area contributed by atoms with Crippen LogP contribution in [0, 0.1) is 23.6 Å². The van der Waals surface area contributed by atoms with Crippen LogP contribution in [0.5, 0.6) is 0 Å². The van der Waals surface area contributed by atoms with Crippen LogP contribution in [-0.4, -0.2) is 17.6 Å². The monoisotopic (exact) mass is 311 g/mol. The van der Waals surface area contributed by atoms with Gasteiger partial charge in [0.2, 0.25) is 5.91 Å². The summed E-state index contributed by atoms with van der Waals surface area (Å²) in [5.41, 5.74) is 0.538. The number of rotatable bonds is 4. The lowest BCUT2D eigenvalue weighted by atomic mass is 9.88. The second-order valence-electron chi connectivity index (χ2n) is 6.20. The van der Waals surface area contributed by atoms with Crippen molar-refractivity contribution < 1.29 is 14.3 Å². The van der Waals surface area contributed by atoms with E-state index in [-0.39, 0.29) is 23.5 Å². The van der Waals surface area contributed by atoms with Crippen LogP contribution in [0.3, 0.4) is 0 Å². The fourth-order valence-corrected chi connectivity index (χ4v) is 3.93. The van der Waals surface area contributed by atoms with E-state index in [1.165, 1.54) is 18.6 Å². The molecular weight excluding hydrogens is 293 g/mol. The molecule has 21 heavy (non-hydrogen) atoms. The lowest BCUT2D eigenvalue weighted by molar-refractivity contribution is -0.127. The van der Waals surface area contributed by atoms with E-state index < -0.39 is 11.9 Å². The van der Waals surface area contributed by atoms with Crippen molar-refractivity contribution in [2.75, 3.05) is 6.61 Å². The number of halogens is 2. The SMILES string of the molecule is O=C(NC(CO)c1ccc(Cl)c(F)c1)C1CC2CCC1C2. The molecule has 0 spiro atoms. The van der Waals surface area contributed by atoms with Crippen molar-refractivity contribution in [3.63, 3.8) is 0 Å². The Balaban J connectivity index is 1.69. The third-order valence-corrected chi connectivity index (χ3v) is 5.23. The minimum atomic E-state index is -0.580. The molecule has 2 bridgehead atoms. The summed E-state index contributed by atoms with van der Waals surface area (Å²) in [7, 11) is 0. The Hall–Kier alpha value is -1.13. The van der Waals surface area contributed by atoms with Gasteiger partial charge in [-0.25, -0.2) is 4.39 Å². The number of amides is 1. The van der Waals surface area contributed by atoms with E-state index in [1.807, 2.05) is 0 Å². The Labute approximate surface area is 128 Å². The second-order valence-corrected chi connectivity index (χ2v) is 6.61. The van der Waals surface area contributed by atoms with Gasteiger partial charge in [-0.3, -0.25) is 4.79 Å². The number of aliphatic hydroxyl groups excluding tert-OH is 1. The average molecular weight is 312 g/mol. The number of hydrogen-bond acceptors (Lipinski definition) is 2. The molecule has 0 aromatic heterocycles. The van der Waals surface area contributed by atoms with Gasteiger partial charge in [0, 0.05) is 5.92 Å². The maximum atomic E-state index is 13.5. The van der Waals surface area contributed by atoms with Gasteiger partial charge in [-0.05, 0) is 48.8 Å². The summed E-state index contributed by atoms with van der Waals surface area (Å²) in [5, 5.41) is 12.4. The number of carbonyl (C=O) groups is 1. The molecule has 0 heterocycles. The van der Waals surface area contributed by atoms with E-state index in [9.17, 15) is 14.3 Å². The Morgan fingerprint density at radius 3 is 2.81 bits per heavy atom. The van der Waals surface area contributed by atoms with Gasteiger partial charge >= 0.3 is 0 Å². The van der Waals surface area contributed by atoms with Crippen LogP contribution in [0.25, 0.3) is 0 Å². The lowest BCUT2D eigenvalue weighted by Crippen LogP contribution is -2.37. The number of benzene rings is 1. The topological polar surface area (TPSA) is 49.3 Å². The third kappa shape index (κ3) is 2.92. The summed E-state index contributed by atoms with van der Waals surface area (Å²) in [4.78, 5) is 12.4. The minimum Gasteiger partial charge on any atom is -0.394 e. The molecule has 3 rings (SSSR count). The van der Waals surface area contributed by atoms with Crippen molar-refractivity contribution in [1.29, 1.82) is 0 Å². The molecule has 5 heteroatoms. The predicted octanol–water partition coefficient (Wildman–Crippen LogP) is 3.06. The number of fused-ring (bicyclic) bond motifs is 2. The quantitative estimate of drug-likeness (QED) is 0.898. The van der Waals surface area contributed by atoms with E-state index >= 15 is 0 Å². The summed E-state index contributed by atoms with van der Waals surface area (Å²) in [6, 6.07) is 3.76. The number of hydrogen-bond donors (Lipinski definition) is 2. The molecule has 4 unspecified atom stereocenters. The first-order chi connectivity index (χ1) is 10.1. The molecule has 4 atom stereocenters. The summed E-state index contributed by atoms with van der Waals surface area (Å²) < 4.78 is 13.5. The zero-order chi connectivity index (χ0) is 15.0. The van der Waals surface area contributed by atoms with Crippen molar-refractivity contribution in [3.8, 4) is 0 Å². The Bertz CT molecular complexity index is 551. The molecule has 0 aliphatic heterocycles. The van der Waals surface area contributed by atoms with Crippen molar-refractivity contribution in [2.24, 2.45) is 17.8 Å². The lowest BCUT2D eigenvalue weighted by Gasteiger charge is -2.24. The van der Waals surface area contributed by atoms with Gasteiger partial charge in [0.1, 0.15) is 5.82 Å². The summed E-state index contributed by atoms with van der Waals surface area (Å²) in [5.74, 6) is 0.663. The standard InChI is InChI=1S/C16H19ClFNO2/c17-13-4-3-11(7-14(13)18)15(8-20)19-16(21)12-6-9-1-2-10(12)5-9/h3-4,7,9-10,12,15,20H,1-2,5-6,8H2,(H,19,21). The van der Waals surface area contributed by atoms with E-state index in [0.29, 0.717) is 17.4 Å². The fraction of sp³-hybridized carbons (Fsp3) is 0.562. The van der Waals surface area contributed by atoms with Crippen LogP contribution >= 0.6 is 11.6 Å². The van der Waals surface area contributed by atoms with Gasteiger partial charge in [0.05, 0.1) is 17.7 Å². The molecule has 0 radical (unpaired) electrons. The molecule has 2 saturated carbocycles. The van der Waals surface area contributed by atoms with Crippen LogP contribution in [0.1, 0.15) is 37.3 Å². The number of carbonyl (C=O) groups excluding carboxylic acids is 1. The van der Waals surface area contributed by atoms with Gasteiger partial charge in [-0.15, -0.1) is 0 Å². The van der Waals surface area contributed by atoms with Gasteiger partial charge < -0.3 is 10.4 Å². The summed E-state index contributed by atoms with van der Waals surface area (Å²) in [6.45, 7) is -0.256. The Morgan fingerprint density at radius 1 is 1.43 bits per heavy atom. The zero-order valence-corrected chi connectivity index (χ0v) is 12.4. The van der Waals surface area contributed by atoms with Gasteiger partial charge in [-0.2, -0.15) is 0 Å². The summed E-state index contributed by atoms with van der Waals surface area (Å²) in [6.07, 6.45) is 4.46. The van der Waals surface area contributed by atoms with E-state index in [1.54, 1.807) is 6.07 Å². The van der Waals surface area contributed by atoms with Crippen molar-refractivity contribution in [1.82, 2.24) is 5.32 Å². The van der Waals surface area contributed by atoms with Crippen molar-refractivity contribution in [3.05, 3.63) is 34.6 Å². The molecule has 2 aliphatic rings. The van der Waals surface area contributed by atoms with Gasteiger partial charge in [0.25, 0.3) is 0 Å². The third-order valence-electron chi connectivity index (χ3n) is 4.92. The maximum absolute atomic E-state index is 13.5. The normalized spacial score (nSPS) is 28.6. The molecule has 1 amide bonds. The maximum Gasteiger partial charge on any atom is 0.223 e. The van der Waals surface area contributed by atoms with E-state index in [4.69, 9.17) is 11.6 Å². The highest BCUT2D eigenvalue weighted by Crippen LogP contribution is 2.48. The van der Waals surface area contributed by atoms with Crippen molar-refractivity contribution in [2.45, 2.75) is 31.7 Å². The van der Waals surface area contributed by atoms with Crippen LogP contribution in [-0.2, 0) is 4.79 Å². The average Bonchev–Trinajstić information content (AvgIpc) is 3.10. The molecule has 3 nitrogen and oxygen atoms in total. The highest BCUT2D eigenvalue weighted by atomic mass is 35.5. The van der Waals surface area contributed by atoms with Crippen LogP contribution in [0.2, 0.25) is 5.02 Å². The number of nitrogens with one attached hydrogen (secondary N) is 1. The molecule has 1 aromatic carbocycles. The molecule has 0 saturated heterocycles. The van der Waals surface area contributed by atoms with Gasteiger partial charge in [0.15, 0.2) is 0 Å². The first-order valence-corrected chi connectivity index (χ1v) is 7.82. The van der Waals surface area contributed by atoms with E-state index in [2.05, 4.69) is 5.32 Å². The smallest absolute Gasteiger partial charge is 0.223 e. The van der Waals surface area contributed by atoms with Gasteiger partial charge in [-0.1, -0.05) is 24.1 Å².